The number of aryl methyl sites for hydroxylation is 1. The molecule has 70 valence electrons. The van der Waals surface area contributed by atoms with Crippen LogP contribution in [-0.4, -0.2) is 6.61 Å². The first-order valence-electron chi connectivity index (χ1n) is 4.37. The molecule has 0 saturated carbocycles. The van der Waals surface area contributed by atoms with Gasteiger partial charge in [-0.15, -0.1) is 0 Å². The van der Waals surface area contributed by atoms with E-state index in [2.05, 4.69) is 22.0 Å². The Hall–Kier alpha value is -0.540. The molecule has 1 atom stereocenters. The van der Waals surface area contributed by atoms with E-state index >= 15 is 0 Å². The Bertz CT molecular complexity index is 338. The quantitative estimate of drug-likeness (QED) is 0.758. The highest BCUT2D eigenvalue weighted by atomic mass is 79.9. The molecule has 0 spiro atoms. The van der Waals surface area contributed by atoms with Crippen molar-refractivity contribution >= 4 is 15.9 Å². The minimum absolute atomic E-state index is 0.125. The SMILES string of the molecule is Cc1cc(Br)cc2c1OCC[C@@H]2N. The van der Waals surface area contributed by atoms with Gasteiger partial charge in [-0.3, -0.25) is 0 Å². The van der Waals surface area contributed by atoms with E-state index in [1.165, 1.54) is 0 Å². The Morgan fingerprint density at radius 1 is 1.54 bits per heavy atom. The van der Waals surface area contributed by atoms with E-state index in [0.717, 1.165) is 34.4 Å². The molecular weight excluding hydrogens is 230 g/mol. The van der Waals surface area contributed by atoms with E-state index in [1.807, 2.05) is 13.0 Å². The molecule has 0 aromatic heterocycles. The summed E-state index contributed by atoms with van der Waals surface area (Å²) in [4.78, 5) is 0. The number of fused-ring (bicyclic) bond motifs is 1. The van der Waals surface area contributed by atoms with Crippen molar-refractivity contribution in [1.29, 1.82) is 0 Å². The highest BCUT2D eigenvalue weighted by Crippen LogP contribution is 2.35. The normalized spacial score (nSPS) is 20.7. The maximum atomic E-state index is 5.98. The largest absolute Gasteiger partial charge is 0.493 e. The Kier molecular flexibility index (Phi) is 2.30. The van der Waals surface area contributed by atoms with Gasteiger partial charge in [0.1, 0.15) is 5.75 Å². The van der Waals surface area contributed by atoms with Crippen LogP contribution in [0.1, 0.15) is 23.6 Å². The van der Waals surface area contributed by atoms with Crippen LogP contribution in [0.3, 0.4) is 0 Å². The second-order valence-electron chi connectivity index (χ2n) is 3.38. The fourth-order valence-corrected chi connectivity index (χ4v) is 2.26. The van der Waals surface area contributed by atoms with Crippen LogP contribution in [-0.2, 0) is 0 Å². The van der Waals surface area contributed by atoms with E-state index in [4.69, 9.17) is 10.5 Å². The fraction of sp³-hybridized carbons (Fsp3) is 0.400. The molecule has 1 aromatic rings. The minimum atomic E-state index is 0.125. The monoisotopic (exact) mass is 241 g/mol. The van der Waals surface area contributed by atoms with Gasteiger partial charge in [-0.1, -0.05) is 15.9 Å². The molecule has 0 unspecified atom stereocenters. The molecule has 1 aliphatic heterocycles. The molecule has 1 aromatic carbocycles. The number of benzene rings is 1. The van der Waals surface area contributed by atoms with Gasteiger partial charge in [-0.05, 0) is 24.6 Å². The maximum Gasteiger partial charge on any atom is 0.127 e. The molecular formula is C10H12BrNO. The van der Waals surface area contributed by atoms with Crippen molar-refractivity contribution in [3.63, 3.8) is 0 Å². The first-order chi connectivity index (χ1) is 6.18. The number of nitrogens with two attached hydrogens (primary N) is 1. The van der Waals surface area contributed by atoms with Crippen LogP contribution < -0.4 is 10.5 Å². The lowest BCUT2D eigenvalue weighted by Gasteiger charge is -2.24. The lowest BCUT2D eigenvalue weighted by Crippen LogP contribution is -2.21. The number of ether oxygens (including phenoxy) is 1. The van der Waals surface area contributed by atoms with Crippen molar-refractivity contribution in [1.82, 2.24) is 0 Å². The van der Waals surface area contributed by atoms with Gasteiger partial charge in [0.05, 0.1) is 6.61 Å². The molecule has 13 heavy (non-hydrogen) atoms. The molecule has 2 nitrogen and oxygen atoms in total. The van der Waals surface area contributed by atoms with E-state index in [1.54, 1.807) is 0 Å². The lowest BCUT2D eigenvalue weighted by atomic mass is 9.99. The van der Waals surface area contributed by atoms with Gasteiger partial charge >= 0.3 is 0 Å². The summed E-state index contributed by atoms with van der Waals surface area (Å²) in [7, 11) is 0. The Balaban J connectivity index is 2.56. The molecule has 1 aliphatic rings. The summed E-state index contributed by atoms with van der Waals surface area (Å²) >= 11 is 3.46. The summed E-state index contributed by atoms with van der Waals surface area (Å²) in [5.41, 5.74) is 8.26. The molecule has 0 amide bonds. The Morgan fingerprint density at radius 2 is 2.31 bits per heavy atom. The Morgan fingerprint density at radius 3 is 3.08 bits per heavy atom. The second-order valence-corrected chi connectivity index (χ2v) is 4.30. The third-order valence-electron chi connectivity index (χ3n) is 2.34. The maximum absolute atomic E-state index is 5.98. The van der Waals surface area contributed by atoms with Crippen molar-refractivity contribution < 1.29 is 4.74 Å². The van der Waals surface area contributed by atoms with Crippen molar-refractivity contribution in [3.05, 3.63) is 27.7 Å². The lowest BCUT2D eigenvalue weighted by molar-refractivity contribution is 0.267. The fourth-order valence-electron chi connectivity index (χ4n) is 1.67. The van der Waals surface area contributed by atoms with Crippen LogP contribution >= 0.6 is 15.9 Å². The molecule has 0 aliphatic carbocycles. The standard InChI is InChI=1S/C10H12BrNO/c1-6-4-7(11)5-8-9(12)2-3-13-10(6)8/h4-5,9H,2-3,12H2,1H3/t9-/m0/s1. The zero-order valence-corrected chi connectivity index (χ0v) is 9.10. The summed E-state index contributed by atoms with van der Waals surface area (Å²) in [6.45, 7) is 2.78. The predicted octanol–water partition coefficient (Wildman–Crippen LogP) is 2.54. The number of halogens is 1. The second kappa shape index (κ2) is 3.31. The van der Waals surface area contributed by atoms with Crippen molar-refractivity contribution in [2.24, 2.45) is 5.73 Å². The highest BCUT2D eigenvalue weighted by Gasteiger charge is 2.19. The minimum Gasteiger partial charge on any atom is -0.493 e. The summed E-state index contributed by atoms with van der Waals surface area (Å²) in [6.07, 6.45) is 0.906. The topological polar surface area (TPSA) is 35.2 Å². The molecule has 2 N–H and O–H groups in total. The molecule has 3 heteroatoms. The molecule has 0 radical (unpaired) electrons. The van der Waals surface area contributed by atoms with Crippen LogP contribution in [0.5, 0.6) is 5.75 Å². The summed E-state index contributed by atoms with van der Waals surface area (Å²) in [5, 5.41) is 0. The molecule has 2 rings (SSSR count). The molecule has 1 heterocycles. The van der Waals surface area contributed by atoms with Crippen molar-refractivity contribution in [2.45, 2.75) is 19.4 Å². The van der Waals surface area contributed by atoms with Gasteiger partial charge in [-0.2, -0.15) is 0 Å². The average Bonchev–Trinajstić information content (AvgIpc) is 2.07. The molecule has 0 bridgehead atoms. The summed E-state index contributed by atoms with van der Waals surface area (Å²) < 4.78 is 6.65. The van der Waals surface area contributed by atoms with E-state index in [-0.39, 0.29) is 6.04 Å². The number of rotatable bonds is 0. The number of hydrogen-bond donors (Lipinski definition) is 1. The van der Waals surface area contributed by atoms with Crippen LogP contribution in [0, 0.1) is 6.92 Å². The summed E-state index contributed by atoms with van der Waals surface area (Å²) in [6, 6.07) is 4.23. The van der Waals surface area contributed by atoms with Gasteiger partial charge in [-0.25, -0.2) is 0 Å². The van der Waals surface area contributed by atoms with Crippen LogP contribution in [0.25, 0.3) is 0 Å². The average molecular weight is 242 g/mol. The van der Waals surface area contributed by atoms with E-state index in [9.17, 15) is 0 Å². The van der Waals surface area contributed by atoms with Gasteiger partial charge in [0, 0.05) is 22.5 Å². The van der Waals surface area contributed by atoms with E-state index < -0.39 is 0 Å². The predicted molar refractivity (Wildman–Crippen MR) is 55.9 cm³/mol. The smallest absolute Gasteiger partial charge is 0.127 e. The zero-order valence-electron chi connectivity index (χ0n) is 7.51. The van der Waals surface area contributed by atoms with Crippen LogP contribution in [0.4, 0.5) is 0 Å². The molecule has 0 saturated heterocycles. The van der Waals surface area contributed by atoms with Gasteiger partial charge in [0.2, 0.25) is 0 Å². The van der Waals surface area contributed by atoms with Gasteiger partial charge < -0.3 is 10.5 Å². The highest BCUT2D eigenvalue weighted by molar-refractivity contribution is 9.10. The molecule has 0 fully saturated rings. The summed E-state index contributed by atoms with van der Waals surface area (Å²) in [5.74, 6) is 0.974. The third kappa shape index (κ3) is 1.58. The number of hydrogen-bond acceptors (Lipinski definition) is 2. The van der Waals surface area contributed by atoms with Gasteiger partial charge in [0.25, 0.3) is 0 Å². The Labute approximate surface area is 86.2 Å². The van der Waals surface area contributed by atoms with Crippen LogP contribution in [0.15, 0.2) is 16.6 Å². The van der Waals surface area contributed by atoms with Gasteiger partial charge in [0.15, 0.2) is 0 Å². The van der Waals surface area contributed by atoms with Crippen molar-refractivity contribution in [3.8, 4) is 5.75 Å². The van der Waals surface area contributed by atoms with Crippen molar-refractivity contribution in [2.75, 3.05) is 6.61 Å². The zero-order chi connectivity index (χ0) is 9.42. The first-order valence-corrected chi connectivity index (χ1v) is 5.16. The van der Waals surface area contributed by atoms with E-state index in [0.29, 0.717) is 0 Å². The van der Waals surface area contributed by atoms with Crippen LogP contribution in [0.2, 0.25) is 0 Å². The third-order valence-corrected chi connectivity index (χ3v) is 2.80. The first kappa shape index (κ1) is 9.03.